The minimum atomic E-state index is -1.03. The average Bonchev–Trinajstić information content (AvgIpc) is 2.35. The number of aromatic carboxylic acids is 1. The van der Waals surface area contributed by atoms with Crippen LogP contribution in [0.3, 0.4) is 0 Å². The van der Waals surface area contributed by atoms with Crippen LogP contribution in [-0.4, -0.2) is 16.1 Å². The van der Waals surface area contributed by atoms with Gasteiger partial charge in [-0.05, 0) is 31.5 Å². The highest BCUT2D eigenvalue weighted by Gasteiger charge is 2.12. The van der Waals surface area contributed by atoms with Gasteiger partial charge in [-0.25, -0.2) is 4.79 Å². The third kappa shape index (κ3) is 2.85. The van der Waals surface area contributed by atoms with Gasteiger partial charge in [0, 0.05) is 11.9 Å². The molecule has 98 valence electrons. The van der Waals surface area contributed by atoms with Crippen LogP contribution in [0.25, 0.3) is 0 Å². The Hall–Kier alpha value is -2.07. The monoisotopic (exact) mass is 276 g/mol. The van der Waals surface area contributed by atoms with Gasteiger partial charge in [-0.2, -0.15) is 0 Å². The molecule has 1 aromatic carbocycles. The van der Waals surface area contributed by atoms with E-state index in [0.29, 0.717) is 16.4 Å². The van der Waals surface area contributed by atoms with Crippen LogP contribution in [0.4, 0.5) is 11.4 Å². The van der Waals surface area contributed by atoms with E-state index >= 15 is 0 Å². The average molecular weight is 277 g/mol. The van der Waals surface area contributed by atoms with Crippen LogP contribution in [0.2, 0.25) is 5.02 Å². The summed E-state index contributed by atoms with van der Waals surface area (Å²) in [5.41, 5.74) is 2.93. The summed E-state index contributed by atoms with van der Waals surface area (Å²) in [6.07, 6.45) is 1.34. The Morgan fingerprint density at radius 3 is 2.74 bits per heavy atom. The second-order valence-electron chi connectivity index (χ2n) is 4.24. The lowest BCUT2D eigenvalue weighted by atomic mass is 10.1. The second-order valence-corrected chi connectivity index (χ2v) is 4.62. The molecule has 0 fully saturated rings. The predicted octanol–water partition coefficient (Wildman–Crippen LogP) is 3.79. The number of carboxylic acids is 1. The molecule has 4 nitrogen and oxygen atoms in total. The molecular weight excluding hydrogens is 264 g/mol. The molecule has 0 aliphatic heterocycles. The van der Waals surface area contributed by atoms with Gasteiger partial charge >= 0.3 is 5.97 Å². The molecule has 0 radical (unpaired) electrons. The second kappa shape index (κ2) is 5.28. The fraction of sp³-hybridized carbons (Fsp3) is 0.143. The summed E-state index contributed by atoms with van der Waals surface area (Å²) >= 11 is 6.19. The molecule has 1 heterocycles. The zero-order chi connectivity index (χ0) is 14.0. The van der Waals surface area contributed by atoms with Gasteiger partial charge in [0.2, 0.25) is 0 Å². The molecule has 0 aliphatic rings. The van der Waals surface area contributed by atoms with Crippen LogP contribution >= 0.6 is 11.6 Å². The van der Waals surface area contributed by atoms with Gasteiger partial charge in [0.15, 0.2) is 0 Å². The number of hydrogen-bond acceptors (Lipinski definition) is 3. The molecule has 0 atom stereocenters. The predicted molar refractivity (Wildman–Crippen MR) is 75.4 cm³/mol. The molecule has 5 heteroatoms. The Balaban J connectivity index is 2.45. The van der Waals surface area contributed by atoms with Crippen molar-refractivity contribution < 1.29 is 9.90 Å². The van der Waals surface area contributed by atoms with Crippen LogP contribution in [0, 0.1) is 13.8 Å². The lowest BCUT2D eigenvalue weighted by Crippen LogP contribution is -2.04. The topological polar surface area (TPSA) is 62.2 Å². The molecule has 0 aliphatic carbocycles. The molecular formula is C14H13ClN2O2. The molecule has 0 spiro atoms. The van der Waals surface area contributed by atoms with Crippen LogP contribution in [0.15, 0.2) is 30.5 Å². The van der Waals surface area contributed by atoms with Crippen LogP contribution in [0.5, 0.6) is 0 Å². The van der Waals surface area contributed by atoms with E-state index in [2.05, 4.69) is 10.3 Å². The molecule has 0 bridgehead atoms. The van der Waals surface area contributed by atoms with Gasteiger partial charge < -0.3 is 10.4 Å². The highest BCUT2D eigenvalue weighted by atomic mass is 35.5. The van der Waals surface area contributed by atoms with E-state index in [-0.39, 0.29) is 5.56 Å². The first-order chi connectivity index (χ1) is 8.99. The highest BCUT2D eigenvalue weighted by Crippen LogP contribution is 2.29. The van der Waals surface area contributed by atoms with Gasteiger partial charge in [-0.15, -0.1) is 0 Å². The Bertz CT molecular complexity index is 641. The zero-order valence-corrected chi connectivity index (χ0v) is 11.3. The van der Waals surface area contributed by atoms with Crippen molar-refractivity contribution in [2.45, 2.75) is 13.8 Å². The summed E-state index contributed by atoms with van der Waals surface area (Å²) in [7, 11) is 0. The van der Waals surface area contributed by atoms with Crippen LogP contribution < -0.4 is 5.32 Å². The molecule has 2 rings (SSSR count). The first-order valence-electron chi connectivity index (χ1n) is 5.71. The van der Waals surface area contributed by atoms with E-state index in [1.54, 1.807) is 19.1 Å². The fourth-order valence-corrected chi connectivity index (χ4v) is 1.90. The first-order valence-corrected chi connectivity index (χ1v) is 6.09. The highest BCUT2D eigenvalue weighted by molar-refractivity contribution is 6.34. The maximum absolute atomic E-state index is 11.2. The maximum atomic E-state index is 11.2. The van der Waals surface area contributed by atoms with Gasteiger partial charge in [0.25, 0.3) is 0 Å². The summed E-state index contributed by atoms with van der Waals surface area (Å²) in [6.45, 7) is 3.69. The minimum Gasteiger partial charge on any atom is -0.478 e. The Morgan fingerprint density at radius 2 is 2.05 bits per heavy atom. The molecule has 1 aromatic heterocycles. The number of carboxylic acid groups (broad SMARTS) is 1. The van der Waals surface area contributed by atoms with Crippen molar-refractivity contribution in [3.05, 3.63) is 52.3 Å². The molecule has 0 amide bonds. The van der Waals surface area contributed by atoms with Crippen molar-refractivity contribution >= 4 is 28.9 Å². The third-order valence-electron chi connectivity index (χ3n) is 2.73. The van der Waals surface area contributed by atoms with E-state index in [0.717, 1.165) is 11.3 Å². The number of aromatic nitrogens is 1. The largest absolute Gasteiger partial charge is 0.478 e. The SMILES string of the molecule is Cc1cc(Nc2cccc(C)c2Cl)c(C(=O)O)cn1. The van der Waals surface area contributed by atoms with Crippen molar-refractivity contribution in [2.75, 3.05) is 5.32 Å². The molecule has 0 saturated heterocycles. The van der Waals surface area contributed by atoms with Crippen LogP contribution in [0.1, 0.15) is 21.6 Å². The van der Waals surface area contributed by atoms with Crippen molar-refractivity contribution in [3.63, 3.8) is 0 Å². The zero-order valence-electron chi connectivity index (χ0n) is 10.6. The smallest absolute Gasteiger partial charge is 0.339 e. The van der Waals surface area contributed by atoms with Crippen LogP contribution in [-0.2, 0) is 0 Å². The maximum Gasteiger partial charge on any atom is 0.339 e. The molecule has 0 unspecified atom stereocenters. The molecule has 2 aromatic rings. The number of aryl methyl sites for hydroxylation is 2. The van der Waals surface area contributed by atoms with Gasteiger partial charge in [0.1, 0.15) is 5.56 Å². The summed E-state index contributed by atoms with van der Waals surface area (Å²) in [6, 6.07) is 7.24. The lowest BCUT2D eigenvalue weighted by molar-refractivity contribution is 0.0697. The quantitative estimate of drug-likeness (QED) is 0.895. The van der Waals surface area contributed by atoms with E-state index in [1.807, 2.05) is 19.1 Å². The first kappa shape index (κ1) is 13.4. The number of carbonyl (C=O) groups is 1. The molecule has 0 saturated carbocycles. The number of anilines is 2. The number of rotatable bonds is 3. The van der Waals surface area contributed by atoms with E-state index < -0.39 is 5.97 Å². The number of nitrogens with zero attached hydrogens (tertiary/aromatic N) is 1. The van der Waals surface area contributed by atoms with E-state index in [1.165, 1.54) is 6.20 Å². The Labute approximate surface area is 116 Å². The van der Waals surface area contributed by atoms with Crippen molar-refractivity contribution in [1.82, 2.24) is 4.98 Å². The number of nitrogens with one attached hydrogen (secondary N) is 1. The van der Waals surface area contributed by atoms with Crippen molar-refractivity contribution in [3.8, 4) is 0 Å². The Kier molecular flexibility index (Phi) is 3.71. The fourth-order valence-electron chi connectivity index (χ4n) is 1.72. The number of halogens is 1. The van der Waals surface area contributed by atoms with E-state index in [9.17, 15) is 4.79 Å². The molecule has 19 heavy (non-hydrogen) atoms. The summed E-state index contributed by atoms with van der Waals surface area (Å²) < 4.78 is 0. The van der Waals surface area contributed by atoms with Crippen molar-refractivity contribution in [1.29, 1.82) is 0 Å². The van der Waals surface area contributed by atoms with Gasteiger partial charge in [-0.1, -0.05) is 23.7 Å². The van der Waals surface area contributed by atoms with Crippen molar-refractivity contribution in [2.24, 2.45) is 0 Å². The third-order valence-corrected chi connectivity index (χ3v) is 3.23. The standard InChI is InChI=1S/C14H13ClN2O2/c1-8-4-3-5-11(13(8)15)17-12-6-9(2)16-7-10(12)14(18)19/h3-7H,1-2H3,(H,16,17)(H,18,19). The summed E-state index contributed by atoms with van der Waals surface area (Å²) in [5.74, 6) is -1.03. The number of pyridine rings is 1. The van der Waals surface area contributed by atoms with Gasteiger partial charge in [-0.3, -0.25) is 4.98 Å². The lowest BCUT2D eigenvalue weighted by Gasteiger charge is -2.12. The summed E-state index contributed by atoms with van der Waals surface area (Å²) in [5, 5.41) is 12.8. The molecule has 2 N–H and O–H groups in total. The normalized spacial score (nSPS) is 10.3. The summed E-state index contributed by atoms with van der Waals surface area (Å²) in [4.78, 5) is 15.2. The van der Waals surface area contributed by atoms with E-state index in [4.69, 9.17) is 16.7 Å². The Morgan fingerprint density at radius 1 is 1.32 bits per heavy atom. The van der Waals surface area contributed by atoms with Gasteiger partial charge in [0.05, 0.1) is 16.4 Å². The minimum absolute atomic E-state index is 0.114. The number of hydrogen-bond donors (Lipinski definition) is 2. The number of benzene rings is 1.